The van der Waals surface area contributed by atoms with Gasteiger partial charge in [0, 0.05) is 6.54 Å². The minimum Gasteiger partial charge on any atom is -0.465 e. The maximum atomic E-state index is 13.3. The molecule has 2 rings (SSSR count). The molecule has 148 valence electrons. The molecule has 2 aromatic carbocycles. The summed E-state index contributed by atoms with van der Waals surface area (Å²) in [5.41, 5.74) is 1.15. The second-order valence-corrected chi connectivity index (χ2v) is 6.09. The summed E-state index contributed by atoms with van der Waals surface area (Å²) in [5.74, 6) is -2.02. The number of ether oxygens (including phenoxy) is 2. The summed E-state index contributed by atoms with van der Waals surface area (Å²) in [5, 5.41) is 2.61. The fraction of sp³-hybridized carbons (Fsp3) is 0.250. The molecule has 2 aromatic rings. The van der Waals surface area contributed by atoms with Crippen molar-refractivity contribution in [3.8, 4) is 0 Å². The van der Waals surface area contributed by atoms with E-state index < -0.39 is 17.8 Å². The average molecular weight is 388 g/mol. The molecule has 0 saturated heterocycles. The number of carbonyl (C=O) groups is 3. The second kappa shape index (κ2) is 9.61. The van der Waals surface area contributed by atoms with Gasteiger partial charge in [0.15, 0.2) is 0 Å². The zero-order chi connectivity index (χ0) is 20.7. The highest BCUT2D eigenvalue weighted by Crippen LogP contribution is 2.20. The van der Waals surface area contributed by atoms with E-state index >= 15 is 0 Å². The summed E-state index contributed by atoms with van der Waals surface area (Å²) >= 11 is 0. The van der Waals surface area contributed by atoms with Crippen LogP contribution in [0.4, 0.5) is 10.1 Å². The molecule has 0 radical (unpaired) electrons. The Labute approximate surface area is 162 Å². The van der Waals surface area contributed by atoms with Gasteiger partial charge in [0.1, 0.15) is 5.82 Å². The molecule has 0 heterocycles. The molecule has 1 amide bonds. The van der Waals surface area contributed by atoms with Gasteiger partial charge in [0.2, 0.25) is 5.91 Å². The predicted molar refractivity (Wildman–Crippen MR) is 100 cm³/mol. The zero-order valence-electron chi connectivity index (χ0n) is 15.8. The van der Waals surface area contributed by atoms with Crippen molar-refractivity contribution in [3.63, 3.8) is 0 Å². The summed E-state index contributed by atoms with van der Waals surface area (Å²) in [6.07, 6.45) is 0. The molecule has 0 bridgehead atoms. The Hall–Kier alpha value is -3.26. The first-order valence-electron chi connectivity index (χ1n) is 8.37. The Balaban J connectivity index is 2.12. The lowest BCUT2D eigenvalue weighted by Crippen LogP contribution is -2.30. The lowest BCUT2D eigenvalue weighted by molar-refractivity contribution is -0.117. The predicted octanol–water partition coefficient (Wildman–Crippen LogP) is 2.47. The van der Waals surface area contributed by atoms with Crippen molar-refractivity contribution in [2.24, 2.45) is 0 Å². The van der Waals surface area contributed by atoms with Crippen molar-refractivity contribution in [1.82, 2.24) is 4.90 Å². The Bertz CT molecular complexity index is 885. The van der Waals surface area contributed by atoms with E-state index in [1.807, 2.05) is 0 Å². The minimum absolute atomic E-state index is 0.0143. The summed E-state index contributed by atoms with van der Waals surface area (Å²) < 4.78 is 22.6. The topological polar surface area (TPSA) is 84.9 Å². The number of likely N-dealkylation sites (N-methyl/N-ethyl adjacent to an activating group) is 1. The summed E-state index contributed by atoms with van der Waals surface area (Å²) in [7, 11) is 4.15. The zero-order valence-corrected chi connectivity index (χ0v) is 15.8. The monoisotopic (exact) mass is 388 g/mol. The number of benzene rings is 2. The smallest absolute Gasteiger partial charge is 0.339 e. The molecule has 8 heteroatoms. The standard InChI is InChI=1S/C20H21FN2O5/c1-23(11-13-5-4-6-15(21)9-13)12-18(24)22-17-10-14(19(25)27-2)7-8-16(17)20(26)28-3/h4-10H,11-12H2,1-3H3,(H,22,24). The summed E-state index contributed by atoms with van der Waals surface area (Å²) in [4.78, 5) is 37.7. The number of amides is 1. The normalized spacial score (nSPS) is 10.5. The van der Waals surface area contributed by atoms with Crippen LogP contribution in [-0.2, 0) is 20.8 Å². The van der Waals surface area contributed by atoms with Crippen LogP contribution < -0.4 is 5.32 Å². The van der Waals surface area contributed by atoms with Gasteiger partial charge in [-0.2, -0.15) is 0 Å². The third-order valence-corrected chi connectivity index (χ3v) is 3.88. The van der Waals surface area contributed by atoms with Crippen molar-refractivity contribution in [3.05, 3.63) is 65.0 Å². The van der Waals surface area contributed by atoms with Crippen LogP contribution in [0, 0.1) is 5.82 Å². The molecule has 0 aliphatic rings. The van der Waals surface area contributed by atoms with Gasteiger partial charge >= 0.3 is 11.9 Å². The summed E-state index contributed by atoms with van der Waals surface area (Å²) in [6, 6.07) is 10.2. The molecule has 0 spiro atoms. The van der Waals surface area contributed by atoms with Gasteiger partial charge in [0.25, 0.3) is 0 Å². The van der Waals surface area contributed by atoms with Crippen LogP contribution in [0.2, 0.25) is 0 Å². The number of nitrogens with zero attached hydrogens (tertiary/aromatic N) is 1. The number of carbonyl (C=O) groups excluding carboxylic acids is 3. The van der Waals surface area contributed by atoms with E-state index in [0.29, 0.717) is 6.54 Å². The van der Waals surface area contributed by atoms with Crippen molar-refractivity contribution in [2.75, 3.05) is 33.1 Å². The third-order valence-electron chi connectivity index (χ3n) is 3.88. The Morgan fingerprint density at radius 2 is 1.75 bits per heavy atom. The maximum absolute atomic E-state index is 13.3. The first-order chi connectivity index (χ1) is 13.3. The first-order valence-corrected chi connectivity index (χ1v) is 8.37. The van der Waals surface area contributed by atoms with Gasteiger partial charge in [-0.15, -0.1) is 0 Å². The molecule has 0 atom stereocenters. The van der Waals surface area contributed by atoms with Gasteiger partial charge < -0.3 is 14.8 Å². The van der Waals surface area contributed by atoms with E-state index in [0.717, 1.165) is 5.56 Å². The van der Waals surface area contributed by atoms with E-state index in [2.05, 4.69) is 10.1 Å². The number of hydrogen-bond donors (Lipinski definition) is 1. The molecule has 1 N–H and O–H groups in total. The Morgan fingerprint density at radius 1 is 1.04 bits per heavy atom. The quantitative estimate of drug-likeness (QED) is 0.734. The molecule has 0 aromatic heterocycles. The van der Waals surface area contributed by atoms with Gasteiger partial charge in [-0.1, -0.05) is 12.1 Å². The van der Waals surface area contributed by atoms with Gasteiger partial charge in [-0.05, 0) is 42.9 Å². The number of rotatable bonds is 7. The van der Waals surface area contributed by atoms with Crippen LogP contribution in [0.3, 0.4) is 0 Å². The van der Waals surface area contributed by atoms with Crippen molar-refractivity contribution in [2.45, 2.75) is 6.54 Å². The Morgan fingerprint density at radius 3 is 2.39 bits per heavy atom. The average Bonchev–Trinajstić information content (AvgIpc) is 2.66. The van der Waals surface area contributed by atoms with Crippen LogP contribution >= 0.6 is 0 Å². The van der Waals surface area contributed by atoms with Crippen LogP contribution in [0.1, 0.15) is 26.3 Å². The van der Waals surface area contributed by atoms with Crippen LogP contribution in [0.15, 0.2) is 42.5 Å². The number of methoxy groups -OCH3 is 2. The molecule has 0 aliphatic carbocycles. The van der Waals surface area contributed by atoms with E-state index in [9.17, 15) is 18.8 Å². The van der Waals surface area contributed by atoms with E-state index in [1.54, 1.807) is 24.1 Å². The number of hydrogen-bond acceptors (Lipinski definition) is 6. The minimum atomic E-state index is -0.653. The van der Waals surface area contributed by atoms with E-state index in [4.69, 9.17) is 4.74 Å². The highest BCUT2D eigenvalue weighted by Gasteiger charge is 2.18. The fourth-order valence-electron chi connectivity index (χ4n) is 2.62. The van der Waals surface area contributed by atoms with Crippen molar-refractivity contribution >= 4 is 23.5 Å². The van der Waals surface area contributed by atoms with Gasteiger partial charge in [-0.25, -0.2) is 14.0 Å². The number of esters is 2. The molecule has 28 heavy (non-hydrogen) atoms. The van der Waals surface area contributed by atoms with E-state index in [-0.39, 0.29) is 29.2 Å². The fourth-order valence-corrected chi connectivity index (χ4v) is 2.62. The highest BCUT2D eigenvalue weighted by atomic mass is 19.1. The molecular formula is C20H21FN2O5. The Kier molecular flexibility index (Phi) is 7.22. The van der Waals surface area contributed by atoms with Crippen LogP contribution in [0.5, 0.6) is 0 Å². The molecular weight excluding hydrogens is 367 g/mol. The summed E-state index contributed by atoms with van der Waals surface area (Å²) in [6.45, 7) is 0.344. The molecule has 0 unspecified atom stereocenters. The van der Waals surface area contributed by atoms with Crippen molar-refractivity contribution in [1.29, 1.82) is 0 Å². The lowest BCUT2D eigenvalue weighted by Gasteiger charge is -2.17. The molecule has 0 aliphatic heterocycles. The third kappa shape index (κ3) is 5.62. The lowest BCUT2D eigenvalue weighted by atomic mass is 10.1. The highest BCUT2D eigenvalue weighted by molar-refractivity contribution is 6.03. The molecule has 7 nitrogen and oxygen atoms in total. The number of nitrogens with one attached hydrogen (secondary N) is 1. The second-order valence-electron chi connectivity index (χ2n) is 6.09. The van der Waals surface area contributed by atoms with Crippen LogP contribution in [0.25, 0.3) is 0 Å². The van der Waals surface area contributed by atoms with Gasteiger partial charge in [-0.3, -0.25) is 9.69 Å². The molecule has 0 fully saturated rings. The molecule has 0 saturated carbocycles. The number of anilines is 1. The van der Waals surface area contributed by atoms with E-state index in [1.165, 1.54) is 44.6 Å². The first kappa shape index (κ1) is 21.0. The number of halogens is 1. The van der Waals surface area contributed by atoms with Crippen LogP contribution in [-0.4, -0.2) is 50.6 Å². The SMILES string of the molecule is COC(=O)c1ccc(C(=O)OC)c(NC(=O)CN(C)Cc2cccc(F)c2)c1. The van der Waals surface area contributed by atoms with Crippen molar-refractivity contribution < 1.29 is 28.2 Å². The largest absolute Gasteiger partial charge is 0.465 e. The van der Waals surface area contributed by atoms with Gasteiger partial charge in [0.05, 0.1) is 37.6 Å². The maximum Gasteiger partial charge on any atom is 0.339 e.